The van der Waals surface area contributed by atoms with Crippen molar-refractivity contribution in [3.63, 3.8) is 0 Å². The number of benzene rings is 2. The van der Waals surface area contributed by atoms with Gasteiger partial charge in [0.05, 0.1) is 12.1 Å². The lowest BCUT2D eigenvalue weighted by Crippen LogP contribution is -2.31. The van der Waals surface area contributed by atoms with Gasteiger partial charge in [-0.2, -0.15) is 0 Å². The number of para-hydroxylation sites is 1. The molecule has 3 rings (SSSR count). The summed E-state index contributed by atoms with van der Waals surface area (Å²) in [5, 5.41) is 9.56. The molecule has 0 saturated carbocycles. The van der Waals surface area contributed by atoms with Crippen molar-refractivity contribution in [3.8, 4) is 5.88 Å². The van der Waals surface area contributed by atoms with Crippen molar-refractivity contribution < 1.29 is 9.90 Å². The Morgan fingerprint density at radius 2 is 1.58 bits per heavy atom. The Morgan fingerprint density at radius 3 is 2.21 bits per heavy atom. The van der Waals surface area contributed by atoms with Crippen LogP contribution in [0.25, 0.3) is 0 Å². The molecule has 0 aliphatic rings. The zero-order chi connectivity index (χ0) is 16.9. The minimum atomic E-state index is -0.522. The molecule has 120 valence electrons. The second kappa shape index (κ2) is 6.83. The van der Waals surface area contributed by atoms with Crippen LogP contribution < -0.4 is 10.5 Å². The van der Waals surface area contributed by atoms with E-state index in [1.807, 2.05) is 60.7 Å². The fourth-order valence-electron chi connectivity index (χ4n) is 2.46. The van der Waals surface area contributed by atoms with E-state index in [1.54, 1.807) is 4.90 Å². The highest BCUT2D eigenvalue weighted by atomic mass is 16.3. The summed E-state index contributed by atoms with van der Waals surface area (Å²) < 4.78 is 0. The van der Waals surface area contributed by atoms with Crippen LogP contribution in [0.1, 0.15) is 15.9 Å². The third kappa shape index (κ3) is 3.52. The van der Waals surface area contributed by atoms with E-state index < -0.39 is 5.56 Å². The summed E-state index contributed by atoms with van der Waals surface area (Å²) in [7, 11) is 0. The predicted octanol–water partition coefficient (Wildman–Crippen LogP) is 2.93. The number of anilines is 1. The van der Waals surface area contributed by atoms with Crippen LogP contribution in [0.15, 0.2) is 77.6 Å². The molecule has 0 bridgehead atoms. The molecule has 1 amide bonds. The van der Waals surface area contributed by atoms with Gasteiger partial charge in [0.2, 0.25) is 0 Å². The monoisotopic (exact) mass is 320 g/mol. The minimum Gasteiger partial charge on any atom is -0.494 e. The van der Waals surface area contributed by atoms with Crippen LogP contribution in [-0.2, 0) is 6.54 Å². The van der Waals surface area contributed by atoms with E-state index in [-0.39, 0.29) is 17.4 Å². The van der Waals surface area contributed by atoms with Crippen molar-refractivity contribution in [2.24, 2.45) is 0 Å². The van der Waals surface area contributed by atoms with E-state index in [1.165, 1.54) is 12.1 Å². The fraction of sp³-hybridized carbons (Fsp3) is 0.0526. The molecule has 1 heterocycles. The highest BCUT2D eigenvalue weighted by Gasteiger charge is 2.19. The molecule has 0 atom stereocenters. The molecule has 2 aromatic carbocycles. The standard InChI is InChI=1S/C19H16N2O3/c22-17-11-15(12-18(23)20-17)19(24)21(16-9-5-2-6-10-16)13-14-7-3-1-4-8-14/h1-12H,13H2,(H2,20,22,23). The third-order valence-electron chi connectivity index (χ3n) is 3.57. The number of pyridine rings is 1. The molecule has 3 aromatic rings. The number of H-pyrrole nitrogens is 1. The van der Waals surface area contributed by atoms with Gasteiger partial charge >= 0.3 is 0 Å². The van der Waals surface area contributed by atoms with Crippen molar-refractivity contribution in [2.75, 3.05) is 4.90 Å². The number of hydrogen-bond donors (Lipinski definition) is 2. The minimum absolute atomic E-state index is 0.135. The van der Waals surface area contributed by atoms with Crippen molar-refractivity contribution >= 4 is 11.6 Å². The first-order chi connectivity index (χ1) is 11.6. The van der Waals surface area contributed by atoms with Crippen LogP contribution in [0.2, 0.25) is 0 Å². The second-order valence-electron chi connectivity index (χ2n) is 5.33. The maximum atomic E-state index is 12.9. The number of amides is 1. The van der Waals surface area contributed by atoms with Gasteiger partial charge in [0.25, 0.3) is 11.5 Å². The Kier molecular flexibility index (Phi) is 4.43. The largest absolute Gasteiger partial charge is 0.494 e. The predicted molar refractivity (Wildman–Crippen MR) is 92.1 cm³/mol. The molecular weight excluding hydrogens is 304 g/mol. The summed E-state index contributed by atoms with van der Waals surface area (Å²) in [5.74, 6) is -0.690. The molecular formula is C19H16N2O3. The van der Waals surface area contributed by atoms with Gasteiger partial charge in [0.15, 0.2) is 5.88 Å². The lowest BCUT2D eigenvalue weighted by atomic mass is 10.1. The molecule has 0 fully saturated rings. The third-order valence-corrected chi connectivity index (χ3v) is 3.57. The quantitative estimate of drug-likeness (QED) is 0.776. The summed E-state index contributed by atoms with van der Waals surface area (Å²) in [6.07, 6.45) is 0. The Bertz CT molecular complexity index is 889. The van der Waals surface area contributed by atoms with Crippen molar-refractivity contribution in [1.29, 1.82) is 0 Å². The summed E-state index contributed by atoms with van der Waals surface area (Å²) in [5.41, 5.74) is 1.29. The Morgan fingerprint density at radius 1 is 0.958 bits per heavy atom. The number of aromatic nitrogens is 1. The first-order valence-corrected chi connectivity index (χ1v) is 7.47. The van der Waals surface area contributed by atoms with Crippen molar-refractivity contribution in [2.45, 2.75) is 6.54 Å². The summed E-state index contributed by atoms with van der Waals surface area (Å²) in [6, 6.07) is 21.2. The highest BCUT2D eigenvalue weighted by Crippen LogP contribution is 2.20. The second-order valence-corrected chi connectivity index (χ2v) is 5.33. The average molecular weight is 320 g/mol. The molecule has 1 aromatic heterocycles. The van der Waals surface area contributed by atoms with Gasteiger partial charge in [0.1, 0.15) is 0 Å². The van der Waals surface area contributed by atoms with Crippen LogP contribution in [-0.4, -0.2) is 16.0 Å². The number of nitrogens with one attached hydrogen (secondary N) is 1. The van der Waals surface area contributed by atoms with Crippen LogP contribution in [0.5, 0.6) is 5.88 Å². The number of nitrogens with zero attached hydrogens (tertiary/aromatic N) is 1. The van der Waals surface area contributed by atoms with E-state index in [9.17, 15) is 14.7 Å². The number of aromatic amines is 1. The smallest absolute Gasteiger partial charge is 0.258 e. The topological polar surface area (TPSA) is 73.4 Å². The number of hydrogen-bond acceptors (Lipinski definition) is 3. The number of carbonyl (C=O) groups is 1. The first-order valence-electron chi connectivity index (χ1n) is 7.47. The molecule has 0 unspecified atom stereocenters. The Labute approximate surface area is 138 Å². The molecule has 5 heteroatoms. The van der Waals surface area contributed by atoms with E-state index in [4.69, 9.17) is 0 Å². The molecule has 2 N–H and O–H groups in total. The molecule has 5 nitrogen and oxygen atoms in total. The van der Waals surface area contributed by atoms with Gasteiger partial charge in [-0.15, -0.1) is 0 Å². The van der Waals surface area contributed by atoms with Crippen LogP contribution in [0.3, 0.4) is 0 Å². The number of rotatable bonds is 4. The van der Waals surface area contributed by atoms with Crippen LogP contribution >= 0.6 is 0 Å². The summed E-state index contributed by atoms with van der Waals surface area (Å²) in [4.78, 5) is 28.3. The van der Waals surface area contributed by atoms with E-state index in [0.29, 0.717) is 12.2 Å². The lowest BCUT2D eigenvalue weighted by molar-refractivity contribution is 0.0984. The zero-order valence-corrected chi connectivity index (χ0v) is 12.8. The Balaban J connectivity index is 2.00. The van der Waals surface area contributed by atoms with Crippen molar-refractivity contribution in [1.82, 2.24) is 4.98 Å². The van der Waals surface area contributed by atoms with Gasteiger partial charge in [0, 0.05) is 17.8 Å². The van der Waals surface area contributed by atoms with Crippen molar-refractivity contribution in [3.05, 3.63) is 94.3 Å². The van der Waals surface area contributed by atoms with Gasteiger partial charge in [-0.05, 0) is 17.7 Å². The SMILES string of the molecule is O=C(c1cc(O)[nH]c(=O)c1)N(Cc1ccccc1)c1ccccc1. The van der Waals surface area contributed by atoms with Gasteiger partial charge < -0.3 is 10.0 Å². The zero-order valence-electron chi connectivity index (χ0n) is 12.8. The van der Waals surface area contributed by atoms with Gasteiger partial charge in [-0.1, -0.05) is 48.5 Å². The molecule has 0 aliphatic carbocycles. The molecule has 0 spiro atoms. The van der Waals surface area contributed by atoms with Crippen LogP contribution in [0.4, 0.5) is 5.69 Å². The lowest BCUT2D eigenvalue weighted by Gasteiger charge is -2.23. The Hall–Kier alpha value is -3.34. The summed E-state index contributed by atoms with van der Waals surface area (Å²) >= 11 is 0. The molecule has 0 saturated heterocycles. The van der Waals surface area contributed by atoms with E-state index >= 15 is 0 Å². The molecule has 0 radical (unpaired) electrons. The molecule has 0 aliphatic heterocycles. The van der Waals surface area contributed by atoms with Gasteiger partial charge in [-0.3, -0.25) is 14.6 Å². The van der Waals surface area contributed by atoms with E-state index in [0.717, 1.165) is 5.56 Å². The molecule has 24 heavy (non-hydrogen) atoms. The number of aromatic hydroxyl groups is 1. The fourth-order valence-corrected chi connectivity index (χ4v) is 2.46. The van der Waals surface area contributed by atoms with Crippen LogP contribution in [0, 0.1) is 0 Å². The van der Waals surface area contributed by atoms with Gasteiger partial charge in [-0.25, -0.2) is 0 Å². The average Bonchev–Trinajstić information content (AvgIpc) is 2.60. The maximum Gasteiger partial charge on any atom is 0.258 e. The first kappa shape index (κ1) is 15.6. The highest BCUT2D eigenvalue weighted by molar-refractivity contribution is 6.06. The van der Waals surface area contributed by atoms with E-state index in [2.05, 4.69) is 4.98 Å². The number of carbonyl (C=O) groups excluding carboxylic acids is 1. The maximum absolute atomic E-state index is 12.9. The summed E-state index contributed by atoms with van der Waals surface area (Å²) in [6.45, 7) is 0.358. The normalized spacial score (nSPS) is 10.3.